The van der Waals surface area contributed by atoms with E-state index < -0.39 is 0 Å². The van der Waals surface area contributed by atoms with Crippen molar-refractivity contribution in [3.8, 4) is 6.07 Å². The molecule has 0 radical (unpaired) electrons. The van der Waals surface area contributed by atoms with Crippen LogP contribution in [0.1, 0.15) is 12.1 Å². The number of carbonyl (C=O) groups excluding carboxylic acids is 1. The summed E-state index contributed by atoms with van der Waals surface area (Å²) in [5.41, 5.74) is 1.77. The van der Waals surface area contributed by atoms with Gasteiger partial charge in [-0.3, -0.25) is 9.78 Å². The van der Waals surface area contributed by atoms with Gasteiger partial charge in [-0.2, -0.15) is 5.26 Å². The normalized spacial score (nSPS) is 9.94. The van der Waals surface area contributed by atoms with Crippen molar-refractivity contribution in [2.45, 2.75) is 12.8 Å². The van der Waals surface area contributed by atoms with Gasteiger partial charge in [0.1, 0.15) is 6.07 Å². The number of para-hydroxylation sites is 1. The Kier molecular flexibility index (Phi) is 3.87. The van der Waals surface area contributed by atoms with Gasteiger partial charge in [-0.25, -0.2) is 0 Å². The first kappa shape index (κ1) is 12.1. The van der Waals surface area contributed by atoms with Crippen molar-refractivity contribution in [3.05, 3.63) is 42.1 Å². The Labute approximate surface area is 105 Å². The van der Waals surface area contributed by atoms with Crippen LogP contribution in [-0.4, -0.2) is 17.6 Å². The number of hydrogen-bond donors (Lipinski definition) is 0. The molecule has 1 aromatic heterocycles. The number of carbonyl (C=O) groups is 1. The number of rotatable bonds is 4. The molecule has 4 nitrogen and oxygen atoms in total. The van der Waals surface area contributed by atoms with Crippen molar-refractivity contribution in [1.29, 1.82) is 5.26 Å². The SMILES string of the molecule is N#CCOC(=O)CCc1ccc2ccccc2n1. The maximum Gasteiger partial charge on any atom is 0.307 e. The lowest BCUT2D eigenvalue weighted by Crippen LogP contribution is -2.06. The summed E-state index contributed by atoms with van der Waals surface area (Å²) >= 11 is 0. The van der Waals surface area contributed by atoms with E-state index in [1.54, 1.807) is 6.07 Å². The van der Waals surface area contributed by atoms with Crippen molar-refractivity contribution < 1.29 is 9.53 Å². The van der Waals surface area contributed by atoms with Crippen molar-refractivity contribution in [2.75, 3.05) is 6.61 Å². The first-order valence-corrected chi connectivity index (χ1v) is 5.67. The van der Waals surface area contributed by atoms with Gasteiger partial charge < -0.3 is 4.74 Å². The van der Waals surface area contributed by atoms with Gasteiger partial charge in [0.05, 0.1) is 11.9 Å². The van der Waals surface area contributed by atoms with Crippen LogP contribution in [-0.2, 0) is 16.0 Å². The molecule has 0 aliphatic carbocycles. The lowest BCUT2D eigenvalue weighted by molar-refractivity contribution is -0.142. The molecule has 0 N–H and O–H groups in total. The molecule has 4 heteroatoms. The molecule has 0 saturated heterocycles. The molecule has 2 rings (SSSR count). The first-order chi connectivity index (χ1) is 8.79. The summed E-state index contributed by atoms with van der Waals surface area (Å²) in [5, 5.41) is 9.36. The second-order valence-corrected chi connectivity index (χ2v) is 3.81. The molecule has 0 bridgehead atoms. The van der Waals surface area contributed by atoms with Crippen LogP contribution in [0.5, 0.6) is 0 Å². The standard InChI is InChI=1S/C14H12N2O2/c15-9-10-18-14(17)8-7-12-6-5-11-3-1-2-4-13(11)16-12/h1-6H,7-8,10H2. The number of fused-ring (bicyclic) bond motifs is 1. The molecule has 0 spiro atoms. The number of esters is 1. The van der Waals surface area contributed by atoms with Crippen LogP contribution in [0.15, 0.2) is 36.4 Å². The minimum Gasteiger partial charge on any atom is -0.450 e. The molecular weight excluding hydrogens is 228 g/mol. The quantitative estimate of drug-likeness (QED) is 0.769. The topological polar surface area (TPSA) is 63.0 Å². The van der Waals surface area contributed by atoms with Crippen LogP contribution in [0, 0.1) is 11.3 Å². The molecule has 2 aromatic rings. The van der Waals surface area contributed by atoms with E-state index in [-0.39, 0.29) is 19.0 Å². The van der Waals surface area contributed by atoms with Gasteiger partial charge in [0, 0.05) is 17.5 Å². The average molecular weight is 240 g/mol. The molecule has 90 valence electrons. The Bertz CT molecular complexity index is 602. The lowest BCUT2D eigenvalue weighted by Gasteiger charge is -2.02. The average Bonchev–Trinajstić information content (AvgIpc) is 2.42. The molecular formula is C14H12N2O2. The Morgan fingerprint density at radius 3 is 2.94 bits per heavy atom. The van der Waals surface area contributed by atoms with Crippen molar-refractivity contribution in [1.82, 2.24) is 4.98 Å². The van der Waals surface area contributed by atoms with Crippen molar-refractivity contribution in [2.24, 2.45) is 0 Å². The van der Waals surface area contributed by atoms with Crippen LogP contribution in [0.4, 0.5) is 0 Å². The Morgan fingerprint density at radius 2 is 2.11 bits per heavy atom. The van der Waals surface area contributed by atoms with Gasteiger partial charge in [-0.1, -0.05) is 24.3 Å². The van der Waals surface area contributed by atoms with Crippen LogP contribution >= 0.6 is 0 Å². The number of aryl methyl sites for hydroxylation is 1. The van der Waals surface area contributed by atoms with Gasteiger partial charge in [0.15, 0.2) is 6.61 Å². The van der Waals surface area contributed by atoms with Crippen LogP contribution < -0.4 is 0 Å². The smallest absolute Gasteiger partial charge is 0.307 e. The molecule has 0 unspecified atom stereocenters. The summed E-state index contributed by atoms with van der Waals surface area (Å²) in [6, 6.07) is 13.5. The first-order valence-electron chi connectivity index (χ1n) is 5.67. The van der Waals surface area contributed by atoms with Crippen LogP contribution in [0.3, 0.4) is 0 Å². The Hall–Kier alpha value is -2.41. The predicted octanol–water partition coefficient (Wildman–Crippen LogP) is 2.23. The second kappa shape index (κ2) is 5.78. The highest BCUT2D eigenvalue weighted by Gasteiger charge is 2.04. The minimum absolute atomic E-state index is 0.190. The molecule has 0 atom stereocenters. The largest absolute Gasteiger partial charge is 0.450 e. The van der Waals surface area contributed by atoms with E-state index >= 15 is 0 Å². The fourth-order valence-electron chi connectivity index (χ4n) is 1.66. The maximum atomic E-state index is 11.2. The van der Waals surface area contributed by atoms with E-state index in [1.807, 2.05) is 36.4 Å². The van der Waals surface area contributed by atoms with Gasteiger partial charge >= 0.3 is 5.97 Å². The summed E-state index contributed by atoms with van der Waals surface area (Å²) in [4.78, 5) is 15.7. The van der Waals surface area contributed by atoms with Gasteiger partial charge in [-0.15, -0.1) is 0 Å². The predicted molar refractivity (Wildman–Crippen MR) is 66.6 cm³/mol. The lowest BCUT2D eigenvalue weighted by atomic mass is 10.1. The molecule has 0 amide bonds. The van der Waals surface area contributed by atoms with Gasteiger partial charge in [0.2, 0.25) is 0 Å². The molecule has 1 heterocycles. The molecule has 0 aliphatic heterocycles. The summed E-state index contributed by atoms with van der Waals surface area (Å²) < 4.78 is 4.67. The molecule has 0 aliphatic rings. The zero-order valence-electron chi connectivity index (χ0n) is 9.80. The van der Waals surface area contributed by atoms with E-state index in [0.29, 0.717) is 6.42 Å². The van der Waals surface area contributed by atoms with Gasteiger partial charge in [-0.05, 0) is 12.1 Å². The number of nitrogens with zero attached hydrogens (tertiary/aromatic N) is 2. The Balaban J connectivity index is 2.00. The monoisotopic (exact) mass is 240 g/mol. The highest BCUT2D eigenvalue weighted by Crippen LogP contribution is 2.12. The highest BCUT2D eigenvalue weighted by atomic mass is 16.5. The van der Waals surface area contributed by atoms with Crippen LogP contribution in [0.2, 0.25) is 0 Å². The third-order valence-corrected chi connectivity index (χ3v) is 2.54. The third-order valence-electron chi connectivity index (χ3n) is 2.54. The number of aromatic nitrogens is 1. The second-order valence-electron chi connectivity index (χ2n) is 3.81. The van der Waals surface area contributed by atoms with E-state index in [4.69, 9.17) is 5.26 Å². The maximum absolute atomic E-state index is 11.2. The fourth-order valence-corrected chi connectivity index (χ4v) is 1.66. The summed E-state index contributed by atoms with van der Waals surface area (Å²) in [7, 11) is 0. The molecule has 18 heavy (non-hydrogen) atoms. The number of benzene rings is 1. The van der Waals surface area contributed by atoms with Crippen LogP contribution in [0.25, 0.3) is 10.9 Å². The van der Waals surface area contributed by atoms with E-state index in [9.17, 15) is 4.79 Å². The van der Waals surface area contributed by atoms with E-state index in [2.05, 4.69) is 9.72 Å². The summed E-state index contributed by atoms with van der Waals surface area (Å²) in [6.07, 6.45) is 0.766. The van der Waals surface area contributed by atoms with Crippen molar-refractivity contribution >= 4 is 16.9 Å². The Morgan fingerprint density at radius 1 is 1.28 bits per heavy atom. The summed E-state index contributed by atoms with van der Waals surface area (Å²) in [6.45, 7) is -0.190. The van der Waals surface area contributed by atoms with E-state index in [1.165, 1.54) is 0 Å². The number of ether oxygens (including phenoxy) is 1. The zero-order valence-corrected chi connectivity index (χ0v) is 9.80. The molecule has 0 saturated carbocycles. The zero-order chi connectivity index (χ0) is 12.8. The highest BCUT2D eigenvalue weighted by molar-refractivity contribution is 5.78. The number of pyridine rings is 1. The number of hydrogen-bond acceptors (Lipinski definition) is 4. The fraction of sp³-hybridized carbons (Fsp3) is 0.214. The molecule has 0 fully saturated rings. The third kappa shape index (κ3) is 3.05. The minimum atomic E-state index is -0.369. The van der Waals surface area contributed by atoms with Crippen molar-refractivity contribution in [3.63, 3.8) is 0 Å². The number of nitriles is 1. The summed E-state index contributed by atoms with van der Waals surface area (Å²) in [5.74, 6) is -0.369. The van der Waals surface area contributed by atoms with E-state index in [0.717, 1.165) is 16.6 Å². The molecule has 1 aromatic carbocycles. The van der Waals surface area contributed by atoms with Gasteiger partial charge in [0.25, 0.3) is 0 Å².